The molecule has 1 aliphatic heterocycles. The molecule has 1 aliphatic rings. The average Bonchev–Trinajstić information content (AvgIpc) is 2.47. The molecule has 0 radical (unpaired) electrons. The lowest BCUT2D eigenvalue weighted by Crippen LogP contribution is -2.47. The first kappa shape index (κ1) is 14.3. The van der Waals surface area contributed by atoms with Crippen LogP contribution >= 0.6 is 15.9 Å². The molecule has 4 nitrogen and oxygen atoms in total. The highest BCUT2D eigenvalue weighted by Gasteiger charge is 2.37. The first-order valence-corrected chi connectivity index (χ1v) is 7.18. The van der Waals surface area contributed by atoms with Crippen molar-refractivity contribution in [2.45, 2.75) is 6.11 Å². The monoisotopic (exact) mass is 355 g/mol. The number of alkyl halides is 2. The Kier molecular flexibility index (Phi) is 3.86. The lowest BCUT2D eigenvalue weighted by molar-refractivity contribution is -0.240. The smallest absolute Gasteiger partial charge is 0.345 e. The zero-order chi connectivity index (χ0) is 14.9. The Morgan fingerprint density at radius 3 is 2.67 bits per heavy atom. The molecule has 7 heteroatoms. The Morgan fingerprint density at radius 1 is 1.19 bits per heavy atom. The van der Waals surface area contributed by atoms with Crippen LogP contribution < -0.4 is 4.90 Å². The van der Waals surface area contributed by atoms with Gasteiger partial charge in [0, 0.05) is 22.8 Å². The number of anilines is 1. The number of ether oxygens (including phenoxy) is 1. The Hall–Kier alpha value is -1.60. The summed E-state index contributed by atoms with van der Waals surface area (Å²) in [6, 6.07) is 9.14. The number of hydrogen-bond donors (Lipinski definition) is 0. The van der Waals surface area contributed by atoms with Gasteiger partial charge in [0.2, 0.25) is 0 Å². The Bertz CT molecular complexity index is 636. The van der Waals surface area contributed by atoms with Gasteiger partial charge in [-0.15, -0.1) is 0 Å². The molecule has 110 valence electrons. The van der Waals surface area contributed by atoms with Crippen LogP contribution in [-0.2, 0) is 4.74 Å². The lowest BCUT2D eigenvalue weighted by atomic mass is 10.2. The van der Waals surface area contributed by atoms with Crippen LogP contribution in [0.25, 0.3) is 11.4 Å². The van der Waals surface area contributed by atoms with E-state index in [0.717, 1.165) is 10.0 Å². The average molecular weight is 356 g/mol. The second-order valence-electron chi connectivity index (χ2n) is 4.65. The molecule has 1 aromatic carbocycles. The van der Waals surface area contributed by atoms with Crippen LogP contribution in [-0.4, -0.2) is 35.8 Å². The molecule has 0 unspecified atom stereocenters. The molecular formula is C14H12BrF2N3O. The van der Waals surface area contributed by atoms with Gasteiger partial charge >= 0.3 is 6.11 Å². The van der Waals surface area contributed by atoms with Gasteiger partial charge in [-0.2, -0.15) is 8.78 Å². The van der Waals surface area contributed by atoms with Gasteiger partial charge in [0.15, 0.2) is 5.82 Å². The van der Waals surface area contributed by atoms with Crippen LogP contribution in [0.15, 0.2) is 41.0 Å². The summed E-state index contributed by atoms with van der Waals surface area (Å²) in [7, 11) is 0. The fourth-order valence-corrected chi connectivity index (χ4v) is 2.38. The van der Waals surface area contributed by atoms with Crippen LogP contribution in [0.3, 0.4) is 0 Å². The molecule has 1 fully saturated rings. The number of halogens is 3. The summed E-state index contributed by atoms with van der Waals surface area (Å²) < 4.78 is 32.0. The van der Waals surface area contributed by atoms with Crippen molar-refractivity contribution in [2.75, 3.05) is 24.6 Å². The van der Waals surface area contributed by atoms with E-state index in [9.17, 15) is 8.78 Å². The van der Waals surface area contributed by atoms with Crippen LogP contribution in [0.5, 0.6) is 0 Å². The molecule has 0 spiro atoms. The highest BCUT2D eigenvalue weighted by atomic mass is 79.9. The number of hydrogen-bond acceptors (Lipinski definition) is 4. The maximum Gasteiger partial charge on any atom is 0.373 e. The van der Waals surface area contributed by atoms with Crippen LogP contribution in [0.4, 0.5) is 14.6 Å². The molecule has 1 aromatic heterocycles. The first-order valence-electron chi connectivity index (χ1n) is 6.39. The predicted molar refractivity (Wildman–Crippen MR) is 78.3 cm³/mol. The van der Waals surface area contributed by atoms with Crippen molar-refractivity contribution in [3.8, 4) is 11.4 Å². The van der Waals surface area contributed by atoms with E-state index >= 15 is 0 Å². The molecular weight excluding hydrogens is 344 g/mol. The van der Waals surface area contributed by atoms with E-state index in [4.69, 9.17) is 0 Å². The molecule has 0 bridgehead atoms. The molecule has 0 aliphatic carbocycles. The number of nitrogens with zero attached hydrogens (tertiary/aromatic N) is 3. The Balaban J connectivity index is 1.88. The zero-order valence-corrected chi connectivity index (χ0v) is 12.6. The molecule has 0 saturated carbocycles. The molecule has 1 saturated heterocycles. The van der Waals surface area contributed by atoms with Gasteiger partial charge < -0.3 is 9.64 Å². The second-order valence-corrected chi connectivity index (χ2v) is 5.57. The minimum Gasteiger partial charge on any atom is -0.345 e. The van der Waals surface area contributed by atoms with Gasteiger partial charge in [0.25, 0.3) is 0 Å². The quantitative estimate of drug-likeness (QED) is 0.828. The topological polar surface area (TPSA) is 38.2 Å². The van der Waals surface area contributed by atoms with E-state index in [1.165, 1.54) is 4.90 Å². The lowest BCUT2D eigenvalue weighted by Gasteiger charge is -2.33. The van der Waals surface area contributed by atoms with Crippen molar-refractivity contribution in [3.05, 3.63) is 41.0 Å². The highest BCUT2D eigenvalue weighted by Crippen LogP contribution is 2.26. The van der Waals surface area contributed by atoms with E-state index < -0.39 is 12.7 Å². The van der Waals surface area contributed by atoms with E-state index in [2.05, 4.69) is 30.6 Å². The summed E-state index contributed by atoms with van der Waals surface area (Å²) in [6.07, 6.45) is -1.56. The fraction of sp³-hybridized carbons (Fsp3) is 0.286. The molecule has 0 N–H and O–H groups in total. The molecule has 3 rings (SSSR count). The highest BCUT2D eigenvalue weighted by molar-refractivity contribution is 9.10. The van der Waals surface area contributed by atoms with Gasteiger partial charge in [-0.3, -0.25) is 0 Å². The Labute approximate surface area is 128 Å². The van der Waals surface area contributed by atoms with Gasteiger partial charge in [0.1, 0.15) is 12.4 Å². The maximum atomic E-state index is 13.3. The summed E-state index contributed by atoms with van der Waals surface area (Å²) >= 11 is 3.36. The van der Waals surface area contributed by atoms with Gasteiger partial charge in [0.05, 0.1) is 6.61 Å². The number of benzene rings is 1. The summed E-state index contributed by atoms with van der Waals surface area (Å²) in [5.74, 6) is 0.987. The summed E-state index contributed by atoms with van der Waals surface area (Å²) in [4.78, 5) is 10.1. The Morgan fingerprint density at radius 2 is 1.95 bits per heavy atom. The number of morpholine rings is 1. The van der Waals surface area contributed by atoms with Crippen molar-refractivity contribution in [2.24, 2.45) is 0 Å². The summed E-state index contributed by atoms with van der Waals surface area (Å²) in [5, 5.41) is 0. The van der Waals surface area contributed by atoms with Gasteiger partial charge in [-0.25, -0.2) is 9.97 Å². The standard InChI is InChI=1S/C14H12BrF2N3O/c15-11-3-1-10(2-4-11)13-18-6-5-12(19-13)20-7-8-21-14(16,17)9-20/h1-6H,7-9H2. The minimum absolute atomic E-state index is 0.0232. The van der Waals surface area contributed by atoms with Crippen molar-refractivity contribution in [1.82, 2.24) is 9.97 Å². The van der Waals surface area contributed by atoms with E-state index in [0.29, 0.717) is 18.2 Å². The SMILES string of the molecule is FC1(F)CN(c2ccnc(-c3ccc(Br)cc3)n2)CCO1. The van der Waals surface area contributed by atoms with Crippen LogP contribution in [0.2, 0.25) is 0 Å². The summed E-state index contributed by atoms with van der Waals surface area (Å²) in [5.41, 5.74) is 0.833. The number of aromatic nitrogens is 2. The van der Waals surface area contributed by atoms with Crippen molar-refractivity contribution in [1.29, 1.82) is 0 Å². The second kappa shape index (κ2) is 5.65. The third kappa shape index (κ3) is 3.36. The fourth-order valence-electron chi connectivity index (χ4n) is 2.11. The van der Waals surface area contributed by atoms with E-state index in [1.807, 2.05) is 24.3 Å². The van der Waals surface area contributed by atoms with Crippen molar-refractivity contribution in [3.63, 3.8) is 0 Å². The molecule has 21 heavy (non-hydrogen) atoms. The van der Waals surface area contributed by atoms with Crippen LogP contribution in [0.1, 0.15) is 0 Å². The normalized spacial score (nSPS) is 17.8. The largest absolute Gasteiger partial charge is 0.373 e. The summed E-state index contributed by atoms with van der Waals surface area (Å²) in [6.45, 7) is -0.138. The maximum absolute atomic E-state index is 13.3. The van der Waals surface area contributed by atoms with E-state index in [1.54, 1.807) is 12.3 Å². The molecule has 2 aromatic rings. The van der Waals surface area contributed by atoms with Gasteiger partial charge in [-0.1, -0.05) is 28.1 Å². The molecule has 2 heterocycles. The third-order valence-electron chi connectivity index (χ3n) is 3.12. The van der Waals surface area contributed by atoms with Crippen molar-refractivity contribution < 1.29 is 13.5 Å². The molecule has 0 amide bonds. The van der Waals surface area contributed by atoms with Gasteiger partial charge in [-0.05, 0) is 18.2 Å². The predicted octanol–water partition coefficient (Wildman–Crippen LogP) is 3.34. The van der Waals surface area contributed by atoms with Crippen molar-refractivity contribution >= 4 is 21.7 Å². The van der Waals surface area contributed by atoms with Crippen LogP contribution in [0, 0.1) is 0 Å². The first-order chi connectivity index (χ1) is 10.0. The number of rotatable bonds is 2. The molecule has 0 atom stereocenters. The van der Waals surface area contributed by atoms with E-state index in [-0.39, 0.29) is 6.61 Å². The minimum atomic E-state index is -3.14. The third-order valence-corrected chi connectivity index (χ3v) is 3.65. The zero-order valence-electron chi connectivity index (χ0n) is 11.0.